The van der Waals surface area contributed by atoms with Crippen LogP contribution in [-0.2, 0) is 4.79 Å². The Morgan fingerprint density at radius 3 is 2.53 bits per heavy atom. The molecule has 2 heterocycles. The van der Waals surface area contributed by atoms with Crippen molar-refractivity contribution in [3.63, 3.8) is 0 Å². The predicted molar refractivity (Wildman–Crippen MR) is 132 cm³/mol. The SMILES string of the molecule is CC(C)C(C)NC(=O)C[C@H]1CC[C@H](c2ccc(N3CCOc4ncnc(N)c4C3=O)cc2)CC1. The second-order valence-corrected chi connectivity index (χ2v) is 9.86. The Morgan fingerprint density at radius 2 is 1.85 bits per heavy atom. The Morgan fingerprint density at radius 1 is 1.15 bits per heavy atom. The Balaban J connectivity index is 1.35. The fourth-order valence-electron chi connectivity index (χ4n) is 4.78. The van der Waals surface area contributed by atoms with E-state index in [0.29, 0.717) is 37.3 Å². The first-order chi connectivity index (χ1) is 16.3. The number of hydrogen-bond acceptors (Lipinski definition) is 6. The van der Waals surface area contributed by atoms with Gasteiger partial charge in [0.1, 0.15) is 24.3 Å². The molecule has 2 aromatic rings. The molecule has 0 radical (unpaired) electrons. The first-order valence-corrected chi connectivity index (χ1v) is 12.3. The molecule has 1 aromatic carbocycles. The average molecular weight is 466 g/mol. The number of fused-ring (bicyclic) bond motifs is 1. The van der Waals surface area contributed by atoms with Gasteiger partial charge >= 0.3 is 0 Å². The van der Waals surface area contributed by atoms with Crippen LogP contribution in [0.5, 0.6) is 5.88 Å². The molecule has 0 spiro atoms. The second kappa shape index (κ2) is 10.4. The second-order valence-electron chi connectivity index (χ2n) is 9.86. The highest BCUT2D eigenvalue weighted by atomic mass is 16.5. The van der Waals surface area contributed by atoms with Crippen molar-refractivity contribution in [1.82, 2.24) is 15.3 Å². The highest BCUT2D eigenvalue weighted by Gasteiger charge is 2.29. The van der Waals surface area contributed by atoms with Crippen molar-refractivity contribution in [2.45, 2.75) is 64.8 Å². The third kappa shape index (κ3) is 5.32. The lowest BCUT2D eigenvalue weighted by Crippen LogP contribution is -2.37. The van der Waals surface area contributed by atoms with Crippen molar-refractivity contribution >= 4 is 23.3 Å². The maximum atomic E-state index is 13.1. The number of anilines is 2. The molecule has 4 rings (SSSR count). The summed E-state index contributed by atoms with van der Waals surface area (Å²) < 4.78 is 5.62. The number of ether oxygens (including phenoxy) is 1. The van der Waals surface area contributed by atoms with Crippen molar-refractivity contribution in [1.29, 1.82) is 0 Å². The fraction of sp³-hybridized carbons (Fsp3) is 0.538. The number of carbonyl (C=O) groups excluding carboxylic acids is 2. The molecule has 0 bridgehead atoms. The molecule has 8 heteroatoms. The van der Waals surface area contributed by atoms with Gasteiger partial charge in [0.05, 0.1) is 6.54 Å². The van der Waals surface area contributed by atoms with E-state index >= 15 is 0 Å². The number of aromatic nitrogens is 2. The van der Waals surface area contributed by atoms with E-state index in [1.807, 2.05) is 12.1 Å². The highest BCUT2D eigenvalue weighted by molar-refractivity contribution is 6.10. The van der Waals surface area contributed by atoms with Crippen LogP contribution in [0.4, 0.5) is 11.5 Å². The first kappa shape index (κ1) is 24.0. The highest BCUT2D eigenvalue weighted by Crippen LogP contribution is 2.38. The number of amides is 2. The summed E-state index contributed by atoms with van der Waals surface area (Å²) in [7, 11) is 0. The Kier molecular flexibility index (Phi) is 7.34. The molecule has 182 valence electrons. The maximum absolute atomic E-state index is 13.1. The van der Waals surface area contributed by atoms with Crippen molar-refractivity contribution in [2.75, 3.05) is 23.8 Å². The topological polar surface area (TPSA) is 110 Å². The minimum atomic E-state index is -0.246. The van der Waals surface area contributed by atoms with E-state index in [2.05, 4.69) is 48.2 Å². The number of nitrogens with two attached hydrogens (primary N) is 1. The van der Waals surface area contributed by atoms with E-state index in [1.165, 1.54) is 11.9 Å². The van der Waals surface area contributed by atoms with Crippen molar-refractivity contribution in [3.05, 3.63) is 41.7 Å². The number of nitrogen functional groups attached to an aromatic ring is 1. The number of nitrogens with zero attached hydrogens (tertiary/aromatic N) is 3. The van der Waals surface area contributed by atoms with E-state index < -0.39 is 0 Å². The van der Waals surface area contributed by atoms with Crippen LogP contribution in [0.15, 0.2) is 30.6 Å². The lowest BCUT2D eigenvalue weighted by molar-refractivity contribution is -0.123. The minimum Gasteiger partial charge on any atom is -0.475 e. The molecule has 1 fully saturated rings. The molecular formula is C26H35N5O3. The molecule has 0 saturated heterocycles. The maximum Gasteiger partial charge on any atom is 0.267 e. The van der Waals surface area contributed by atoms with E-state index in [0.717, 1.165) is 31.4 Å². The summed E-state index contributed by atoms with van der Waals surface area (Å²) in [5, 5.41) is 3.13. The van der Waals surface area contributed by atoms with Gasteiger partial charge in [0.15, 0.2) is 0 Å². The van der Waals surface area contributed by atoms with Crippen LogP contribution >= 0.6 is 0 Å². The van der Waals surface area contributed by atoms with Gasteiger partial charge in [-0.15, -0.1) is 0 Å². The smallest absolute Gasteiger partial charge is 0.267 e. The molecule has 8 nitrogen and oxygen atoms in total. The Bertz CT molecular complexity index is 1020. The van der Waals surface area contributed by atoms with Gasteiger partial charge in [-0.2, -0.15) is 0 Å². The average Bonchev–Trinajstić information content (AvgIpc) is 2.99. The number of hydrogen-bond donors (Lipinski definition) is 2. The number of benzene rings is 1. The molecule has 3 N–H and O–H groups in total. The van der Waals surface area contributed by atoms with E-state index in [1.54, 1.807) is 4.90 Å². The van der Waals surface area contributed by atoms with Crippen LogP contribution in [0.2, 0.25) is 0 Å². The molecule has 1 aliphatic carbocycles. The first-order valence-electron chi connectivity index (χ1n) is 12.3. The number of rotatable bonds is 6. The molecule has 1 aliphatic heterocycles. The lowest BCUT2D eigenvalue weighted by atomic mass is 9.77. The van der Waals surface area contributed by atoms with Crippen molar-refractivity contribution in [3.8, 4) is 5.88 Å². The summed E-state index contributed by atoms with van der Waals surface area (Å²) >= 11 is 0. The number of nitrogens with one attached hydrogen (secondary N) is 1. The molecule has 2 aliphatic rings. The zero-order valence-electron chi connectivity index (χ0n) is 20.3. The van der Waals surface area contributed by atoms with Crippen LogP contribution in [0.3, 0.4) is 0 Å². The van der Waals surface area contributed by atoms with Crippen molar-refractivity contribution < 1.29 is 14.3 Å². The van der Waals surface area contributed by atoms with Crippen LogP contribution in [0.1, 0.15) is 74.7 Å². The third-order valence-corrected chi connectivity index (χ3v) is 7.24. The van der Waals surface area contributed by atoms with Crippen LogP contribution in [0.25, 0.3) is 0 Å². The summed E-state index contributed by atoms with van der Waals surface area (Å²) in [5.41, 5.74) is 8.24. The Hall–Kier alpha value is -3.16. The minimum absolute atomic E-state index is 0.127. The van der Waals surface area contributed by atoms with Gasteiger partial charge in [-0.25, -0.2) is 9.97 Å². The molecule has 34 heavy (non-hydrogen) atoms. The lowest BCUT2D eigenvalue weighted by Gasteiger charge is -2.29. The monoisotopic (exact) mass is 465 g/mol. The fourth-order valence-corrected chi connectivity index (χ4v) is 4.78. The molecule has 1 saturated carbocycles. The zero-order chi connectivity index (χ0) is 24.2. The van der Waals surface area contributed by atoms with E-state index in [4.69, 9.17) is 10.5 Å². The quantitative estimate of drug-likeness (QED) is 0.669. The van der Waals surface area contributed by atoms with Crippen molar-refractivity contribution in [2.24, 2.45) is 11.8 Å². The van der Waals surface area contributed by atoms with Gasteiger partial charge in [-0.05, 0) is 68.1 Å². The van der Waals surface area contributed by atoms with Gasteiger partial charge in [0.2, 0.25) is 11.8 Å². The van der Waals surface area contributed by atoms with Gasteiger partial charge in [0.25, 0.3) is 5.91 Å². The molecule has 2 amide bonds. The normalized spacial score (nSPS) is 21.4. The van der Waals surface area contributed by atoms with E-state index in [-0.39, 0.29) is 35.1 Å². The van der Waals surface area contributed by atoms with Crippen LogP contribution < -0.4 is 20.7 Å². The van der Waals surface area contributed by atoms with Crippen LogP contribution in [-0.4, -0.2) is 41.0 Å². The standard InChI is InChI=1S/C26H35N5O3/c1-16(2)17(3)30-22(32)14-18-4-6-19(7-5-18)20-8-10-21(11-9-20)31-12-13-34-25-23(26(31)33)24(27)28-15-29-25/h8-11,15-19H,4-7,12-14H2,1-3H3,(H,30,32)(H2,27,28,29)/t17?,18-,19-. The van der Waals surface area contributed by atoms with Gasteiger partial charge in [-0.1, -0.05) is 26.0 Å². The van der Waals surface area contributed by atoms with Gasteiger partial charge in [-0.3, -0.25) is 9.59 Å². The summed E-state index contributed by atoms with van der Waals surface area (Å²) in [5.74, 6) is 1.67. The summed E-state index contributed by atoms with van der Waals surface area (Å²) in [6.45, 7) is 7.07. The zero-order valence-corrected chi connectivity index (χ0v) is 20.3. The molecule has 1 aromatic heterocycles. The summed E-state index contributed by atoms with van der Waals surface area (Å²) in [6.07, 6.45) is 6.21. The molecular weight excluding hydrogens is 430 g/mol. The van der Waals surface area contributed by atoms with Gasteiger partial charge in [0, 0.05) is 18.2 Å². The molecule has 1 unspecified atom stereocenters. The molecule has 1 atom stereocenters. The largest absolute Gasteiger partial charge is 0.475 e. The van der Waals surface area contributed by atoms with E-state index in [9.17, 15) is 9.59 Å². The summed E-state index contributed by atoms with van der Waals surface area (Å²) in [4.78, 5) is 35.1. The van der Waals surface area contributed by atoms with Crippen LogP contribution in [0, 0.1) is 11.8 Å². The third-order valence-electron chi connectivity index (χ3n) is 7.24. The summed E-state index contributed by atoms with van der Waals surface area (Å²) in [6, 6.07) is 8.42. The van der Waals surface area contributed by atoms with Gasteiger partial charge < -0.3 is 20.7 Å². The Labute approximate surface area is 201 Å². The predicted octanol–water partition coefficient (Wildman–Crippen LogP) is 3.92. The number of carbonyl (C=O) groups is 2.